The molecule has 12 heteroatoms. The average molecular weight is 574 g/mol. The van der Waals surface area contributed by atoms with Crippen molar-refractivity contribution in [3.8, 4) is 11.5 Å². The van der Waals surface area contributed by atoms with Gasteiger partial charge in [-0.25, -0.2) is 13.8 Å². The third kappa shape index (κ3) is 7.88. The summed E-state index contributed by atoms with van der Waals surface area (Å²) in [5, 5.41) is 3.92. The van der Waals surface area contributed by atoms with Gasteiger partial charge >= 0.3 is 10.1 Å². The van der Waals surface area contributed by atoms with E-state index in [1.807, 2.05) is 13.8 Å². The number of carbonyl (C=O) groups excluding carboxylic acids is 1. The van der Waals surface area contributed by atoms with E-state index in [9.17, 15) is 21.6 Å². The minimum absolute atomic E-state index is 0.00112. The van der Waals surface area contributed by atoms with Crippen LogP contribution in [0.1, 0.15) is 30.5 Å². The van der Waals surface area contributed by atoms with Crippen molar-refractivity contribution in [3.63, 3.8) is 0 Å². The summed E-state index contributed by atoms with van der Waals surface area (Å²) in [5.74, 6) is -0.906. The lowest BCUT2D eigenvalue weighted by Crippen LogP contribution is -2.48. The van der Waals surface area contributed by atoms with Crippen LogP contribution in [0, 0.1) is 19.8 Å². The van der Waals surface area contributed by atoms with Crippen molar-refractivity contribution in [2.24, 2.45) is 11.0 Å². The number of hydrazone groups is 1. The van der Waals surface area contributed by atoms with E-state index in [4.69, 9.17) is 8.92 Å². The molecule has 2 N–H and O–H groups in total. The maximum absolute atomic E-state index is 12.8. The molecule has 0 saturated heterocycles. The Morgan fingerprint density at radius 3 is 1.95 bits per heavy atom. The Labute approximate surface area is 229 Å². The highest BCUT2D eigenvalue weighted by molar-refractivity contribution is 7.89. The first-order valence-electron chi connectivity index (χ1n) is 11.9. The number of aryl methyl sites for hydroxylation is 2. The number of hydrogen-bond acceptors (Lipinski definition) is 8. The first-order valence-corrected chi connectivity index (χ1v) is 14.8. The van der Waals surface area contributed by atoms with Crippen molar-refractivity contribution >= 4 is 32.3 Å². The van der Waals surface area contributed by atoms with Gasteiger partial charge in [0.15, 0.2) is 11.5 Å². The standard InChI is InChI=1S/C27H31N3O7S2/c1-18(2)26(30-38(32,33)22-11-6-19(3)7-12-22)27(31)29-28-17-21-10-15-24(25(16-21)36-5)37-39(34,35)23-13-8-20(4)9-14-23/h6-18,26,30H,1-5H3,(H,29,31)/b28-17-/t26-/m1/s1. The number of amides is 1. The van der Waals surface area contributed by atoms with Gasteiger partial charge < -0.3 is 8.92 Å². The third-order valence-corrected chi connectivity index (χ3v) is 8.35. The summed E-state index contributed by atoms with van der Waals surface area (Å²) < 4.78 is 63.8. The average Bonchev–Trinajstić information content (AvgIpc) is 2.88. The molecule has 0 spiro atoms. The Bertz CT molecular complexity index is 1550. The molecule has 3 aromatic rings. The molecule has 0 unspecified atom stereocenters. The SMILES string of the molecule is COc1cc(/C=N\NC(=O)[C@H](NS(=O)(=O)c2ccc(C)cc2)C(C)C)ccc1OS(=O)(=O)c1ccc(C)cc1. The molecule has 1 amide bonds. The largest absolute Gasteiger partial charge is 0.493 e. The van der Waals surface area contributed by atoms with Crippen LogP contribution in [0.2, 0.25) is 0 Å². The van der Waals surface area contributed by atoms with E-state index < -0.39 is 32.1 Å². The van der Waals surface area contributed by atoms with Crippen molar-refractivity contribution < 1.29 is 30.6 Å². The fourth-order valence-electron chi connectivity index (χ4n) is 3.39. The zero-order valence-electron chi connectivity index (χ0n) is 22.2. The molecule has 208 valence electrons. The second-order valence-corrected chi connectivity index (χ2v) is 12.4. The van der Waals surface area contributed by atoms with Gasteiger partial charge in [-0.2, -0.15) is 18.2 Å². The second kappa shape index (κ2) is 12.4. The van der Waals surface area contributed by atoms with Crippen LogP contribution in [0.25, 0.3) is 0 Å². The Morgan fingerprint density at radius 1 is 0.846 bits per heavy atom. The van der Waals surface area contributed by atoms with Crippen molar-refractivity contribution in [2.45, 2.75) is 43.5 Å². The summed E-state index contributed by atoms with van der Waals surface area (Å²) in [4.78, 5) is 12.8. The fourth-order valence-corrected chi connectivity index (χ4v) is 5.67. The topological polar surface area (TPSA) is 140 Å². The molecule has 0 aliphatic heterocycles. The van der Waals surface area contributed by atoms with Crippen LogP contribution in [-0.2, 0) is 24.9 Å². The molecule has 39 heavy (non-hydrogen) atoms. The number of nitrogens with zero attached hydrogens (tertiary/aromatic N) is 1. The molecular weight excluding hydrogens is 542 g/mol. The van der Waals surface area contributed by atoms with Crippen LogP contribution in [0.3, 0.4) is 0 Å². The first-order chi connectivity index (χ1) is 18.3. The lowest BCUT2D eigenvalue weighted by Gasteiger charge is -2.20. The maximum Gasteiger partial charge on any atom is 0.339 e. The number of benzene rings is 3. The van der Waals surface area contributed by atoms with Crippen molar-refractivity contribution in [1.29, 1.82) is 0 Å². The molecule has 0 aliphatic rings. The number of sulfonamides is 1. The highest BCUT2D eigenvalue weighted by atomic mass is 32.2. The fraction of sp³-hybridized carbons (Fsp3) is 0.259. The molecule has 1 atom stereocenters. The predicted octanol–water partition coefficient (Wildman–Crippen LogP) is 3.53. The van der Waals surface area contributed by atoms with E-state index in [0.29, 0.717) is 5.56 Å². The maximum atomic E-state index is 12.8. The van der Waals surface area contributed by atoms with Crippen LogP contribution in [0.4, 0.5) is 0 Å². The normalized spacial score (nSPS) is 12.9. The minimum Gasteiger partial charge on any atom is -0.493 e. The summed E-state index contributed by atoms with van der Waals surface area (Å²) in [6.45, 7) is 7.10. The number of rotatable bonds is 11. The zero-order valence-corrected chi connectivity index (χ0v) is 23.8. The van der Waals surface area contributed by atoms with Gasteiger partial charge in [-0.05, 0) is 67.8 Å². The van der Waals surface area contributed by atoms with Crippen molar-refractivity contribution in [2.75, 3.05) is 7.11 Å². The van der Waals surface area contributed by atoms with E-state index >= 15 is 0 Å². The first kappa shape index (κ1) is 29.8. The van der Waals surface area contributed by atoms with Gasteiger partial charge in [0.05, 0.1) is 18.2 Å². The lowest BCUT2D eigenvalue weighted by molar-refractivity contribution is -0.123. The third-order valence-electron chi connectivity index (χ3n) is 5.65. The van der Waals surface area contributed by atoms with Crippen LogP contribution in [0.5, 0.6) is 11.5 Å². The Balaban J connectivity index is 1.70. The molecule has 0 aliphatic carbocycles. The van der Waals surface area contributed by atoms with Crippen molar-refractivity contribution in [3.05, 3.63) is 83.4 Å². The highest BCUT2D eigenvalue weighted by Crippen LogP contribution is 2.30. The van der Waals surface area contributed by atoms with Crippen molar-refractivity contribution in [1.82, 2.24) is 10.1 Å². The number of hydrogen-bond donors (Lipinski definition) is 2. The predicted molar refractivity (Wildman–Crippen MR) is 148 cm³/mol. The van der Waals surface area contributed by atoms with Gasteiger partial charge in [0, 0.05) is 0 Å². The molecule has 0 saturated carbocycles. The molecular formula is C27H31N3O7S2. The van der Waals surface area contributed by atoms with Gasteiger partial charge in [-0.1, -0.05) is 49.2 Å². The van der Waals surface area contributed by atoms with Crippen LogP contribution >= 0.6 is 0 Å². The molecule has 0 heterocycles. The summed E-state index contributed by atoms with van der Waals surface area (Å²) >= 11 is 0. The molecule has 3 aromatic carbocycles. The minimum atomic E-state index is -4.09. The van der Waals surface area contributed by atoms with Gasteiger partial charge in [0.25, 0.3) is 5.91 Å². The van der Waals surface area contributed by atoms with Crippen LogP contribution in [0.15, 0.2) is 81.6 Å². The van der Waals surface area contributed by atoms with Gasteiger partial charge in [-0.3, -0.25) is 4.79 Å². The number of carbonyl (C=O) groups is 1. The van der Waals surface area contributed by atoms with Gasteiger partial charge in [0.1, 0.15) is 10.9 Å². The zero-order chi connectivity index (χ0) is 28.8. The molecule has 0 bridgehead atoms. The number of nitrogens with one attached hydrogen (secondary N) is 2. The molecule has 10 nitrogen and oxygen atoms in total. The highest BCUT2D eigenvalue weighted by Gasteiger charge is 2.28. The summed E-state index contributed by atoms with van der Waals surface area (Å²) in [6, 6.07) is 15.8. The quantitative estimate of drug-likeness (QED) is 0.203. The summed E-state index contributed by atoms with van der Waals surface area (Å²) in [6.07, 6.45) is 1.31. The van der Waals surface area contributed by atoms with E-state index in [2.05, 4.69) is 15.2 Å². The molecule has 0 aromatic heterocycles. The van der Waals surface area contributed by atoms with E-state index in [1.165, 1.54) is 55.8 Å². The second-order valence-electron chi connectivity index (χ2n) is 9.15. The van der Waals surface area contributed by atoms with Gasteiger partial charge in [0.2, 0.25) is 10.0 Å². The summed E-state index contributed by atoms with van der Waals surface area (Å²) in [5.41, 5.74) is 4.63. The summed E-state index contributed by atoms with van der Waals surface area (Å²) in [7, 11) is -6.66. The van der Waals surface area contributed by atoms with Crippen LogP contribution in [-0.4, -0.2) is 42.1 Å². The van der Waals surface area contributed by atoms with Crippen LogP contribution < -0.4 is 19.1 Å². The number of methoxy groups -OCH3 is 1. The Kier molecular flexibility index (Phi) is 9.49. The van der Waals surface area contributed by atoms with Gasteiger partial charge in [-0.15, -0.1) is 0 Å². The lowest BCUT2D eigenvalue weighted by atomic mass is 10.1. The monoisotopic (exact) mass is 573 g/mol. The molecule has 3 rings (SSSR count). The number of ether oxygens (including phenoxy) is 1. The van der Waals surface area contributed by atoms with E-state index in [1.54, 1.807) is 38.1 Å². The Hall–Kier alpha value is -3.74. The van der Waals surface area contributed by atoms with E-state index in [0.717, 1.165) is 11.1 Å². The van der Waals surface area contributed by atoms with E-state index in [-0.39, 0.29) is 27.2 Å². The molecule has 0 radical (unpaired) electrons. The Morgan fingerprint density at radius 2 is 1.41 bits per heavy atom. The smallest absolute Gasteiger partial charge is 0.339 e. The molecule has 0 fully saturated rings.